The highest BCUT2D eigenvalue weighted by molar-refractivity contribution is 7.25. The van der Waals surface area contributed by atoms with Gasteiger partial charge in [-0.25, -0.2) is 0 Å². The standard InChI is InChI=1S/C41H25N3OS/c1-2-11-27(12-3-1)44-36-16-8-6-14-31(36)33-24-28(19-22-37(33)44)43(29-20-23-39-34(25-29)32-15-7-9-17-38(32)46-39)41-42-35-21-18-26-10-4-5-13-30(26)40(35)45-41/h1-25H. The number of para-hydroxylation sites is 2. The van der Waals surface area contributed by atoms with Gasteiger partial charge in [-0.3, -0.25) is 4.90 Å². The minimum atomic E-state index is 0.538. The quantitative estimate of drug-likeness (QED) is 0.200. The van der Waals surface area contributed by atoms with Gasteiger partial charge < -0.3 is 8.98 Å². The lowest BCUT2D eigenvalue weighted by Gasteiger charge is -2.21. The first-order valence-electron chi connectivity index (χ1n) is 15.4. The summed E-state index contributed by atoms with van der Waals surface area (Å²) >= 11 is 1.82. The Hall–Kier alpha value is -5.91. The third-order valence-corrected chi connectivity index (χ3v) is 10.2. The Morgan fingerprint density at radius 1 is 0.522 bits per heavy atom. The van der Waals surface area contributed by atoms with E-state index in [1.54, 1.807) is 0 Å². The van der Waals surface area contributed by atoms with Crippen LogP contribution in [0.2, 0.25) is 0 Å². The van der Waals surface area contributed by atoms with Crippen molar-refractivity contribution in [1.82, 2.24) is 9.55 Å². The van der Waals surface area contributed by atoms with E-state index in [0.717, 1.165) is 44.5 Å². The zero-order valence-corrected chi connectivity index (χ0v) is 25.4. The first kappa shape index (κ1) is 25.4. The summed E-state index contributed by atoms with van der Waals surface area (Å²) < 4.78 is 11.6. The average Bonchev–Trinajstić information content (AvgIpc) is 3.81. The van der Waals surface area contributed by atoms with Crippen molar-refractivity contribution in [2.75, 3.05) is 4.90 Å². The normalized spacial score (nSPS) is 11.9. The van der Waals surface area contributed by atoms with Crippen LogP contribution in [0.3, 0.4) is 0 Å². The van der Waals surface area contributed by atoms with Gasteiger partial charge in [0.25, 0.3) is 0 Å². The van der Waals surface area contributed by atoms with E-state index in [1.165, 1.54) is 36.5 Å². The molecule has 0 unspecified atom stereocenters. The molecule has 46 heavy (non-hydrogen) atoms. The van der Waals surface area contributed by atoms with Gasteiger partial charge in [-0.1, -0.05) is 84.9 Å². The lowest BCUT2D eigenvalue weighted by Crippen LogP contribution is -2.10. The van der Waals surface area contributed by atoms with Crippen LogP contribution in [-0.4, -0.2) is 9.55 Å². The van der Waals surface area contributed by atoms with Crippen molar-refractivity contribution in [3.05, 3.63) is 152 Å². The molecule has 0 saturated carbocycles. The minimum absolute atomic E-state index is 0.538. The summed E-state index contributed by atoms with van der Waals surface area (Å²) in [6.07, 6.45) is 0. The second-order valence-corrected chi connectivity index (χ2v) is 12.7. The Kier molecular flexibility index (Phi) is 5.41. The zero-order valence-electron chi connectivity index (χ0n) is 24.6. The fourth-order valence-corrected chi connectivity index (χ4v) is 8.00. The molecular weight excluding hydrogens is 583 g/mol. The van der Waals surface area contributed by atoms with E-state index in [1.807, 2.05) is 17.4 Å². The van der Waals surface area contributed by atoms with Gasteiger partial charge in [-0.15, -0.1) is 11.3 Å². The first-order chi connectivity index (χ1) is 22.8. The molecule has 5 heteroatoms. The van der Waals surface area contributed by atoms with Crippen molar-refractivity contribution in [2.24, 2.45) is 0 Å². The number of thiophene rings is 1. The van der Waals surface area contributed by atoms with Crippen LogP contribution in [0.15, 0.2) is 156 Å². The number of aromatic nitrogens is 2. The lowest BCUT2D eigenvalue weighted by atomic mass is 10.1. The molecule has 0 spiro atoms. The van der Waals surface area contributed by atoms with Crippen molar-refractivity contribution in [3.63, 3.8) is 0 Å². The van der Waals surface area contributed by atoms with Gasteiger partial charge in [0.15, 0.2) is 5.58 Å². The number of fused-ring (bicyclic) bond motifs is 9. The molecule has 0 N–H and O–H groups in total. The lowest BCUT2D eigenvalue weighted by molar-refractivity contribution is 0.611. The SMILES string of the molecule is c1ccc(-n2c3ccccc3c3cc(N(c4ccc5sc6ccccc6c5c4)c4nc5ccc6ccccc6c5o4)ccc32)cc1. The maximum Gasteiger partial charge on any atom is 0.307 e. The van der Waals surface area contributed by atoms with Crippen LogP contribution in [0, 0.1) is 0 Å². The molecule has 10 rings (SSSR count). The summed E-state index contributed by atoms with van der Waals surface area (Å²) in [5.41, 5.74) is 7.07. The van der Waals surface area contributed by atoms with Crippen molar-refractivity contribution in [1.29, 1.82) is 0 Å². The van der Waals surface area contributed by atoms with E-state index in [4.69, 9.17) is 9.40 Å². The van der Waals surface area contributed by atoms with Crippen molar-refractivity contribution in [3.8, 4) is 5.69 Å². The molecule has 4 nitrogen and oxygen atoms in total. The van der Waals surface area contributed by atoms with Crippen molar-refractivity contribution < 1.29 is 4.42 Å². The molecule has 0 radical (unpaired) electrons. The van der Waals surface area contributed by atoms with Gasteiger partial charge in [0.05, 0.1) is 22.4 Å². The summed E-state index contributed by atoms with van der Waals surface area (Å²) in [6, 6.07) is 54.2. The van der Waals surface area contributed by atoms with Crippen LogP contribution < -0.4 is 4.90 Å². The molecule has 0 saturated heterocycles. The molecule has 7 aromatic carbocycles. The van der Waals surface area contributed by atoms with Gasteiger partial charge in [0.2, 0.25) is 0 Å². The molecular formula is C41H25N3OS. The largest absolute Gasteiger partial charge is 0.422 e. The fourth-order valence-electron chi connectivity index (χ4n) is 6.92. The third-order valence-electron chi connectivity index (χ3n) is 9.01. The molecule has 0 bridgehead atoms. The summed E-state index contributed by atoms with van der Waals surface area (Å²) in [4.78, 5) is 7.26. The molecule has 0 aliphatic rings. The maximum atomic E-state index is 6.72. The van der Waals surface area contributed by atoms with E-state index in [2.05, 4.69) is 155 Å². The number of nitrogens with zero attached hydrogens (tertiary/aromatic N) is 3. The Labute approximate surface area is 268 Å². The van der Waals surface area contributed by atoms with Crippen LogP contribution in [-0.2, 0) is 0 Å². The highest BCUT2D eigenvalue weighted by Crippen LogP contribution is 2.43. The van der Waals surface area contributed by atoms with Gasteiger partial charge >= 0.3 is 6.01 Å². The van der Waals surface area contributed by atoms with Crippen LogP contribution in [0.25, 0.3) is 69.5 Å². The number of hydrogen-bond donors (Lipinski definition) is 0. The van der Waals surface area contributed by atoms with E-state index >= 15 is 0 Å². The van der Waals surface area contributed by atoms with E-state index in [9.17, 15) is 0 Å². The average molecular weight is 608 g/mol. The van der Waals surface area contributed by atoms with E-state index in [0.29, 0.717) is 6.01 Å². The maximum absolute atomic E-state index is 6.72. The molecule has 0 atom stereocenters. The molecule has 3 heterocycles. The highest BCUT2D eigenvalue weighted by atomic mass is 32.1. The van der Waals surface area contributed by atoms with Gasteiger partial charge in [0, 0.05) is 42.0 Å². The second kappa shape index (κ2) is 9.80. The predicted molar refractivity (Wildman–Crippen MR) is 193 cm³/mol. The van der Waals surface area contributed by atoms with Crippen molar-refractivity contribution in [2.45, 2.75) is 0 Å². The molecule has 0 aliphatic carbocycles. The second-order valence-electron chi connectivity index (χ2n) is 11.6. The summed E-state index contributed by atoms with van der Waals surface area (Å²) in [6.45, 7) is 0. The van der Waals surface area contributed by atoms with Gasteiger partial charge in [-0.2, -0.15) is 4.98 Å². The summed E-state index contributed by atoms with van der Waals surface area (Å²) in [7, 11) is 0. The highest BCUT2D eigenvalue weighted by Gasteiger charge is 2.22. The minimum Gasteiger partial charge on any atom is -0.422 e. The van der Waals surface area contributed by atoms with Crippen LogP contribution in [0.5, 0.6) is 0 Å². The topological polar surface area (TPSA) is 34.2 Å². The number of rotatable bonds is 4. The molecule has 216 valence electrons. The number of anilines is 3. The Morgan fingerprint density at radius 2 is 1.20 bits per heavy atom. The monoisotopic (exact) mass is 607 g/mol. The molecule has 10 aromatic rings. The molecule has 0 aliphatic heterocycles. The Morgan fingerprint density at radius 3 is 2.09 bits per heavy atom. The number of oxazole rings is 1. The third kappa shape index (κ3) is 3.76. The molecule has 3 aromatic heterocycles. The predicted octanol–water partition coefficient (Wildman–Crippen LogP) is 11.9. The van der Waals surface area contributed by atoms with Gasteiger partial charge in [-0.05, 0) is 72.1 Å². The molecule has 0 amide bonds. The Balaban J connectivity index is 1.25. The van der Waals surface area contributed by atoms with Crippen LogP contribution >= 0.6 is 11.3 Å². The first-order valence-corrected chi connectivity index (χ1v) is 16.2. The number of hydrogen-bond acceptors (Lipinski definition) is 4. The fraction of sp³-hybridized carbons (Fsp3) is 0. The van der Waals surface area contributed by atoms with Gasteiger partial charge in [0.1, 0.15) is 5.52 Å². The zero-order chi connectivity index (χ0) is 30.2. The van der Waals surface area contributed by atoms with Crippen molar-refractivity contribution >= 4 is 92.6 Å². The summed E-state index contributed by atoms with van der Waals surface area (Å²) in [5, 5.41) is 7.04. The Bertz CT molecular complexity index is 2760. The van der Waals surface area contributed by atoms with Crippen LogP contribution in [0.4, 0.5) is 17.4 Å². The molecule has 0 fully saturated rings. The summed E-state index contributed by atoms with van der Waals surface area (Å²) in [5.74, 6) is 0. The van der Waals surface area contributed by atoms with Crippen LogP contribution in [0.1, 0.15) is 0 Å². The smallest absolute Gasteiger partial charge is 0.307 e. The number of benzene rings is 7. The van der Waals surface area contributed by atoms with E-state index in [-0.39, 0.29) is 0 Å². The van der Waals surface area contributed by atoms with E-state index < -0.39 is 0 Å².